The van der Waals surface area contributed by atoms with Crippen molar-refractivity contribution < 1.29 is 14.3 Å². The zero-order chi connectivity index (χ0) is 19.9. The molecule has 5 nitrogen and oxygen atoms in total. The van der Waals surface area contributed by atoms with Crippen LogP contribution in [0.15, 0.2) is 72.8 Å². The zero-order valence-corrected chi connectivity index (χ0v) is 16.0. The summed E-state index contributed by atoms with van der Waals surface area (Å²) < 4.78 is 5.14. The van der Waals surface area contributed by atoms with Crippen LogP contribution in [-0.4, -0.2) is 25.3 Å². The Morgan fingerprint density at radius 1 is 0.964 bits per heavy atom. The fraction of sp³-hybridized carbons (Fsp3) is 0.0909. The average Bonchev–Trinajstić information content (AvgIpc) is 2.73. The largest absolute Gasteiger partial charge is 0.497 e. The highest BCUT2D eigenvalue weighted by Gasteiger charge is 2.15. The third-order valence-corrected chi connectivity index (χ3v) is 4.29. The van der Waals surface area contributed by atoms with E-state index < -0.39 is 0 Å². The van der Waals surface area contributed by atoms with Gasteiger partial charge < -0.3 is 15.4 Å². The summed E-state index contributed by atoms with van der Waals surface area (Å²) in [5.74, 6) is 0.235. The molecule has 0 atom stereocenters. The molecule has 0 aromatic heterocycles. The predicted octanol–water partition coefficient (Wildman–Crippen LogP) is 4.63. The Bertz CT molecular complexity index is 990. The number of nitrogens with one attached hydrogen (secondary N) is 2. The summed E-state index contributed by atoms with van der Waals surface area (Å²) in [6.07, 6.45) is 0. The molecular weight excluding hydrogens is 376 g/mol. The van der Waals surface area contributed by atoms with Crippen molar-refractivity contribution in [1.82, 2.24) is 0 Å². The number of hydrogen-bond acceptors (Lipinski definition) is 4. The first-order valence-corrected chi connectivity index (χ1v) is 9.01. The third-order valence-electron chi connectivity index (χ3n) is 4.06. The second-order valence-corrected chi connectivity index (χ2v) is 6.46. The van der Waals surface area contributed by atoms with Gasteiger partial charge in [0, 0.05) is 33.6 Å². The number of ketones is 1. The van der Waals surface area contributed by atoms with Gasteiger partial charge in [-0.1, -0.05) is 48.0 Å². The van der Waals surface area contributed by atoms with Gasteiger partial charge >= 0.3 is 0 Å². The van der Waals surface area contributed by atoms with Crippen LogP contribution in [0.2, 0.25) is 5.02 Å². The van der Waals surface area contributed by atoms with E-state index in [2.05, 4.69) is 10.6 Å². The van der Waals surface area contributed by atoms with E-state index in [1.54, 1.807) is 73.8 Å². The molecule has 0 bridgehead atoms. The van der Waals surface area contributed by atoms with Gasteiger partial charge in [-0.3, -0.25) is 9.59 Å². The second-order valence-electron chi connectivity index (χ2n) is 6.02. The minimum absolute atomic E-state index is 0.00604. The number of carbonyl (C=O) groups is 2. The molecule has 0 spiro atoms. The normalized spacial score (nSPS) is 10.2. The Labute approximate surface area is 168 Å². The molecule has 0 fully saturated rings. The molecule has 1 amide bonds. The molecule has 6 heteroatoms. The number of benzene rings is 3. The summed E-state index contributed by atoms with van der Waals surface area (Å²) in [5.41, 5.74) is 2.13. The van der Waals surface area contributed by atoms with Crippen LogP contribution < -0.4 is 15.4 Å². The number of rotatable bonds is 7. The number of halogens is 1. The lowest BCUT2D eigenvalue weighted by atomic mass is 10.0. The smallest absolute Gasteiger partial charge is 0.243 e. The van der Waals surface area contributed by atoms with Crippen molar-refractivity contribution in [2.45, 2.75) is 0 Å². The van der Waals surface area contributed by atoms with Crippen molar-refractivity contribution in [2.75, 3.05) is 24.3 Å². The van der Waals surface area contributed by atoms with E-state index in [0.717, 1.165) is 0 Å². The molecule has 2 N–H and O–H groups in total. The molecule has 0 aliphatic heterocycles. The third kappa shape index (κ3) is 4.90. The lowest BCUT2D eigenvalue weighted by Gasteiger charge is -2.12. The molecule has 3 aromatic carbocycles. The van der Waals surface area contributed by atoms with Gasteiger partial charge in [0.15, 0.2) is 5.78 Å². The number of ether oxygens (including phenoxy) is 1. The van der Waals surface area contributed by atoms with E-state index in [1.165, 1.54) is 0 Å². The highest BCUT2D eigenvalue weighted by atomic mass is 35.5. The summed E-state index contributed by atoms with van der Waals surface area (Å²) in [5, 5.41) is 6.25. The van der Waals surface area contributed by atoms with Gasteiger partial charge in [0.25, 0.3) is 0 Å². The van der Waals surface area contributed by atoms with Gasteiger partial charge in [0.05, 0.1) is 13.7 Å². The monoisotopic (exact) mass is 394 g/mol. The molecule has 142 valence electrons. The minimum atomic E-state index is -0.249. The highest BCUT2D eigenvalue weighted by molar-refractivity contribution is 6.31. The number of amides is 1. The van der Waals surface area contributed by atoms with Gasteiger partial charge in [0.2, 0.25) is 5.91 Å². The van der Waals surface area contributed by atoms with Crippen LogP contribution in [0.3, 0.4) is 0 Å². The van der Waals surface area contributed by atoms with Crippen molar-refractivity contribution in [3.63, 3.8) is 0 Å². The predicted molar refractivity (Wildman–Crippen MR) is 111 cm³/mol. The first kappa shape index (κ1) is 19.5. The molecule has 0 saturated carbocycles. The second kappa shape index (κ2) is 9.06. The maximum absolute atomic E-state index is 12.8. The number of methoxy groups -OCH3 is 1. The summed E-state index contributed by atoms with van der Waals surface area (Å²) in [7, 11) is 1.56. The lowest BCUT2D eigenvalue weighted by molar-refractivity contribution is -0.114. The summed E-state index contributed by atoms with van der Waals surface area (Å²) in [6.45, 7) is -0.00604. The fourth-order valence-electron chi connectivity index (χ4n) is 2.69. The molecule has 0 radical (unpaired) electrons. The number of anilines is 2. The first-order valence-electron chi connectivity index (χ1n) is 8.64. The number of carbonyl (C=O) groups excluding carboxylic acids is 2. The van der Waals surface area contributed by atoms with Crippen LogP contribution in [0.25, 0.3) is 0 Å². The van der Waals surface area contributed by atoms with Crippen molar-refractivity contribution in [2.24, 2.45) is 0 Å². The van der Waals surface area contributed by atoms with Crippen LogP contribution >= 0.6 is 11.6 Å². The summed E-state index contributed by atoms with van der Waals surface area (Å²) in [4.78, 5) is 25.1. The topological polar surface area (TPSA) is 67.4 Å². The molecule has 0 saturated heterocycles. The van der Waals surface area contributed by atoms with E-state index in [-0.39, 0.29) is 18.2 Å². The molecule has 3 aromatic rings. The van der Waals surface area contributed by atoms with Crippen LogP contribution in [-0.2, 0) is 4.79 Å². The summed E-state index contributed by atoms with van der Waals surface area (Å²) >= 11 is 6.08. The van der Waals surface area contributed by atoms with Gasteiger partial charge in [-0.05, 0) is 30.3 Å². The van der Waals surface area contributed by atoms with E-state index >= 15 is 0 Å². The Morgan fingerprint density at radius 3 is 2.50 bits per heavy atom. The fourth-order valence-corrected chi connectivity index (χ4v) is 2.86. The van der Waals surface area contributed by atoms with Gasteiger partial charge in [-0.15, -0.1) is 0 Å². The standard InChI is InChI=1S/C22H19ClN2O3/c1-28-18-9-5-8-17(13-18)25-21(26)14-24-20-11-10-16(23)12-19(20)22(27)15-6-3-2-4-7-15/h2-13,24H,14H2,1H3,(H,25,26). The maximum Gasteiger partial charge on any atom is 0.243 e. The van der Waals surface area contributed by atoms with Crippen molar-refractivity contribution in [1.29, 1.82) is 0 Å². The van der Waals surface area contributed by atoms with E-state index in [1.807, 2.05) is 6.07 Å². The Balaban J connectivity index is 1.72. The van der Waals surface area contributed by atoms with Crippen LogP contribution in [0.1, 0.15) is 15.9 Å². The molecule has 28 heavy (non-hydrogen) atoms. The van der Waals surface area contributed by atoms with Gasteiger partial charge in [-0.25, -0.2) is 0 Å². The Morgan fingerprint density at radius 2 is 1.75 bits per heavy atom. The Hall–Kier alpha value is -3.31. The average molecular weight is 395 g/mol. The molecule has 0 heterocycles. The molecule has 3 rings (SSSR count). The van der Waals surface area contributed by atoms with Crippen LogP contribution in [0, 0.1) is 0 Å². The highest BCUT2D eigenvalue weighted by Crippen LogP contribution is 2.24. The first-order chi connectivity index (χ1) is 13.6. The Kier molecular flexibility index (Phi) is 6.29. The zero-order valence-electron chi connectivity index (χ0n) is 15.2. The van der Waals surface area contributed by atoms with Crippen molar-refractivity contribution in [3.05, 3.63) is 88.9 Å². The van der Waals surface area contributed by atoms with E-state index in [4.69, 9.17) is 16.3 Å². The molecule has 0 unspecified atom stereocenters. The molecule has 0 aliphatic rings. The maximum atomic E-state index is 12.8. The quantitative estimate of drug-likeness (QED) is 0.573. The van der Waals surface area contributed by atoms with Crippen LogP contribution in [0.5, 0.6) is 5.75 Å². The molecular formula is C22H19ClN2O3. The number of hydrogen-bond donors (Lipinski definition) is 2. The molecule has 0 aliphatic carbocycles. The van der Waals surface area contributed by atoms with E-state index in [0.29, 0.717) is 33.3 Å². The van der Waals surface area contributed by atoms with Gasteiger partial charge in [0.1, 0.15) is 5.75 Å². The lowest BCUT2D eigenvalue weighted by Crippen LogP contribution is -2.22. The van der Waals surface area contributed by atoms with E-state index in [9.17, 15) is 9.59 Å². The van der Waals surface area contributed by atoms with Gasteiger partial charge in [-0.2, -0.15) is 0 Å². The minimum Gasteiger partial charge on any atom is -0.497 e. The SMILES string of the molecule is COc1cccc(NC(=O)CNc2ccc(Cl)cc2C(=O)c2ccccc2)c1. The van der Waals surface area contributed by atoms with Crippen LogP contribution in [0.4, 0.5) is 11.4 Å². The van der Waals surface area contributed by atoms with Crippen molar-refractivity contribution in [3.8, 4) is 5.75 Å². The summed E-state index contributed by atoms with van der Waals surface area (Å²) in [6, 6.07) is 21.0. The van der Waals surface area contributed by atoms with Crippen molar-refractivity contribution >= 4 is 34.7 Å².